The third-order valence-electron chi connectivity index (χ3n) is 3.49. The molecule has 0 amide bonds. The molecule has 0 bridgehead atoms. The van der Waals surface area contributed by atoms with Gasteiger partial charge in [0, 0.05) is 6.04 Å². The fraction of sp³-hybridized carbons (Fsp3) is 0.538. The maximum Gasteiger partial charge on any atom is 0.242 e. The second-order valence-electron chi connectivity index (χ2n) is 4.97. The van der Waals surface area contributed by atoms with Crippen molar-refractivity contribution in [1.29, 1.82) is 0 Å². The Morgan fingerprint density at radius 2 is 1.84 bits per heavy atom. The summed E-state index contributed by atoms with van der Waals surface area (Å²) >= 11 is 0. The van der Waals surface area contributed by atoms with Crippen LogP contribution in [0.5, 0.6) is 0 Å². The fourth-order valence-corrected chi connectivity index (χ4v) is 3.85. The Kier molecular flexibility index (Phi) is 4.44. The number of rotatable bonds is 3. The standard InChI is InChI=1S/C13H20N2O3S/c14-10-6-4-5-9-13(10)19(17,18)15-11-7-2-1-3-8-12(11)16/h4-6,9,11-12,15-16H,1-3,7-8,14H2. The highest BCUT2D eigenvalue weighted by Crippen LogP contribution is 2.22. The van der Waals surface area contributed by atoms with Crippen LogP contribution in [-0.2, 0) is 10.0 Å². The third-order valence-corrected chi connectivity index (χ3v) is 5.06. The molecule has 4 N–H and O–H groups in total. The highest BCUT2D eigenvalue weighted by Gasteiger charge is 2.27. The molecule has 0 radical (unpaired) electrons. The molecule has 1 aromatic rings. The van der Waals surface area contributed by atoms with Gasteiger partial charge in [0.15, 0.2) is 0 Å². The predicted molar refractivity (Wildman–Crippen MR) is 74.1 cm³/mol. The van der Waals surface area contributed by atoms with Crippen LogP contribution in [0.4, 0.5) is 5.69 Å². The number of para-hydroxylation sites is 1. The van der Waals surface area contributed by atoms with Gasteiger partial charge in [-0.15, -0.1) is 0 Å². The molecule has 0 heterocycles. The summed E-state index contributed by atoms with van der Waals surface area (Å²) in [6.45, 7) is 0. The maximum atomic E-state index is 12.3. The van der Waals surface area contributed by atoms with Gasteiger partial charge >= 0.3 is 0 Å². The number of anilines is 1. The number of nitrogens with one attached hydrogen (secondary N) is 1. The number of aliphatic hydroxyl groups is 1. The van der Waals surface area contributed by atoms with E-state index in [2.05, 4.69) is 4.72 Å². The van der Waals surface area contributed by atoms with E-state index < -0.39 is 22.2 Å². The molecule has 19 heavy (non-hydrogen) atoms. The lowest BCUT2D eigenvalue weighted by Gasteiger charge is -2.22. The number of hydrogen-bond acceptors (Lipinski definition) is 4. The third kappa shape index (κ3) is 3.46. The maximum absolute atomic E-state index is 12.3. The van der Waals surface area contributed by atoms with Gasteiger partial charge in [-0.3, -0.25) is 0 Å². The van der Waals surface area contributed by atoms with E-state index in [-0.39, 0.29) is 10.6 Å². The molecule has 1 fully saturated rings. The van der Waals surface area contributed by atoms with E-state index in [4.69, 9.17) is 5.73 Å². The Bertz CT molecular complexity index is 530. The normalized spacial score (nSPS) is 24.9. The van der Waals surface area contributed by atoms with Crippen LogP contribution >= 0.6 is 0 Å². The summed E-state index contributed by atoms with van der Waals surface area (Å²) in [5, 5.41) is 9.97. The summed E-state index contributed by atoms with van der Waals surface area (Å²) in [4.78, 5) is 0.0754. The Balaban J connectivity index is 2.19. The smallest absolute Gasteiger partial charge is 0.242 e. The second-order valence-corrected chi connectivity index (χ2v) is 6.65. The summed E-state index contributed by atoms with van der Waals surface area (Å²) in [5.74, 6) is 0. The van der Waals surface area contributed by atoms with Gasteiger partial charge in [-0.25, -0.2) is 13.1 Å². The lowest BCUT2D eigenvalue weighted by molar-refractivity contribution is 0.130. The highest BCUT2D eigenvalue weighted by atomic mass is 32.2. The SMILES string of the molecule is Nc1ccccc1S(=O)(=O)NC1CCCCCC1O. The number of sulfonamides is 1. The van der Waals surface area contributed by atoms with Crippen molar-refractivity contribution in [2.75, 3.05) is 5.73 Å². The van der Waals surface area contributed by atoms with Gasteiger partial charge < -0.3 is 10.8 Å². The molecule has 1 aliphatic rings. The molecule has 5 nitrogen and oxygen atoms in total. The Labute approximate surface area is 113 Å². The van der Waals surface area contributed by atoms with E-state index >= 15 is 0 Å². The van der Waals surface area contributed by atoms with Gasteiger partial charge in [-0.2, -0.15) is 0 Å². The van der Waals surface area contributed by atoms with Gasteiger partial charge in [0.25, 0.3) is 0 Å². The second kappa shape index (κ2) is 5.90. The van der Waals surface area contributed by atoms with Crippen molar-refractivity contribution < 1.29 is 13.5 Å². The van der Waals surface area contributed by atoms with Crippen LogP contribution in [0.2, 0.25) is 0 Å². The van der Waals surface area contributed by atoms with Crippen molar-refractivity contribution in [1.82, 2.24) is 4.72 Å². The molecule has 2 unspecified atom stereocenters. The zero-order valence-electron chi connectivity index (χ0n) is 10.7. The lowest BCUT2D eigenvalue weighted by Crippen LogP contribution is -2.42. The van der Waals surface area contributed by atoms with Crippen LogP contribution in [0.15, 0.2) is 29.2 Å². The molecule has 1 aromatic carbocycles. The number of aliphatic hydroxyl groups excluding tert-OH is 1. The van der Waals surface area contributed by atoms with Crippen molar-refractivity contribution in [2.24, 2.45) is 0 Å². The minimum Gasteiger partial charge on any atom is -0.398 e. The molecule has 2 atom stereocenters. The van der Waals surface area contributed by atoms with E-state index in [0.717, 1.165) is 19.3 Å². The van der Waals surface area contributed by atoms with Gasteiger partial charge in [-0.05, 0) is 25.0 Å². The van der Waals surface area contributed by atoms with E-state index in [9.17, 15) is 13.5 Å². The molecule has 0 aliphatic heterocycles. The molecular formula is C13H20N2O3S. The first-order chi connectivity index (χ1) is 9.00. The molecule has 0 saturated heterocycles. The van der Waals surface area contributed by atoms with Crippen molar-refractivity contribution in [3.05, 3.63) is 24.3 Å². The van der Waals surface area contributed by atoms with Crippen molar-refractivity contribution in [2.45, 2.75) is 49.1 Å². The van der Waals surface area contributed by atoms with Gasteiger partial charge in [0.05, 0.1) is 11.8 Å². The van der Waals surface area contributed by atoms with Crippen LogP contribution in [0.1, 0.15) is 32.1 Å². The van der Waals surface area contributed by atoms with Crippen LogP contribution in [0, 0.1) is 0 Å². The molecular weight excluding hydrogens is 264 g/mol. The van der Waals surface area contributed by atoms with Gasteiger partial charge in [0.2, 0.25) is 10.0 Å². The lowest BCUT2D eigenvalue weighted by atomic mass is 10.1. The molecule has 0 aromatic heterocycles. The summed E-state index contributed by atoms with van der Waals surface area (Å²) in [6, 6.07) is 5.93. The fourth-order valence-electron chi connectivity index (χ4n) is 2.41. The Morgan fingerprint density at radius 3 is 2.58 bits per heavy atom. The van der Waals surface area contributed by atoms with Crippen LogP contribution < -0.4 is 10.5 Å². The molecule has 6 heteroatoms. The van der Waals surface area contributed by atoms with Gasteiger partial charge in [-0.1, -0.05) is 31.4 Å². The summed E-state index contributed by atoms with van der Waals surface area (Å²) < 4.78 is 27.1. The Hall–Kier alpha value is -1.11. The number of nitrogen functional groups attached to an aromatic ring is 1. The zero-order valence-corrected chi connectivity index (χ0v) is 11.6. The van der Waals surface area contributed by atoms with E-state index in [0.29, 0.717) is 12.8 Å². The van der Waals surface area contributed by atoms with Gasteiger partial charge in [0.1, 0.15) is 4.90 Å². The molecule has 106 valence electrons. The minimum absolute atomic E-state index is 0.0754. The first-order valence-corrected chi connectivity index (χ1v) is 8.04. The number of benzene rings is 1. The van der Waals surface area contributed by atoms with Crippen LogP contribution in [0.25, 0.3) is 0 Å². The van der Waals surface area contributed by atoms with E-state index in [1.165, 1.54) is 6.07 Å². The first-order valence-electron chi connectivity index (χ1n) is 6.55. The predicted octanol–water partition coefficient (Wildman–Crippen LogP) is 1.24. The average Bonchev–Trinajstić information content (AvgIpc) is 2.55. The first kappa shape index (κ1) is 14.3. The van der Waals surface area contributed by atoms with Crippen LogP contribution in [0.3, 0.4) is 0 Å². The highest BCUT2D eigenvalue weighted by molar-refractivity contribution is 7.89. The number of nitrogens with two attached hydrogens (primary N) is 1. The summed E-state index contributed by atoms with van der Waals surface area (Å²) in [7, 11) is -3.67. The topological polar surface area (TPSA) is 92.4 Å². The largest absolute Gasteiger partial charge is 0.398 e. The Morgan fingerprint density at radius 1 is 1.16 bits per heavy atom. The summed E-state index contributed by atoms with van der Waals surface area (Å²) in [6.07, 6.45) is 3.57. The molecule has 1 saturated carbocycles. The van der Waals surface area contributed by atoms with E-state index in [1.807, 2.05) is 0 Å². The molecule has 0 spiro atoms. The molecule has 1 aliphatic carbocycles. The number of hydrogen-bond donors (Lipinski definition) is 3. The minimum atomic E-state index is -3.67. The van der Waals surface area contributed by atoms with E-state index in [1.54, 1.807) is 18.2 Å². The van der Waals surface area contributed by atoms with Crippen molar-refractivity contribution in [3.8, 4) is 0 Å². The van der Waals surface area contributed by atoms with Crippen molar-refractivity contribution >= 4 is 15.7 Å². The van der Waals surface area contributed by atoms with Crippen molar-refractivity contribution in [3.63, 3.8) is 0 Å². The zero-order chi connectivity index (χ0) is 13.9. The average molecular weight is 284 g/mol. The quantitative estimate of drug-likeness (QED) is 0.575. The molecule has 2 rings (SSSR count). The summed E-state index contributed by atoms with van der Waals surface area (Å²) in [5.41, 5.74) is 5.92. The monoisotopic (exact) mass is 284 g/mol. The van der Waals surface area contributed by atoms with Crippen LogP contribution in [-0.4, -0.2) is 25.7 Å².